The van der Waals surface area contributed by atoms with Crippen molar-refractivity contribution in [3.63, 3.8) is 0 Å². The molecular weight excluding hydrogens is 436 g/mol. The Bertz CT molecular complexity index is 1280. The van der Waals surface area contributed by atoms with Crippen LogP contribution in [0.5, 0.6) is 0 Å². The summed E-state index contributed by atoms with van der Waals surface area (Å²) < 4.78 is 0. The van der Waals surface area contributed by atoms with Crippen molar-refractivity contribution in [2.45, 2.75) is 25.4 Å². The van der Waals surface area contributed by atoms with Crippen molar-refractivity contribution < 1.29 is 0 Å². The maximum absolute atomic E-state index is 8.91. The molecule has 1 aliphatic rings. The van der Waals surface area contributed by atoms with Crippen LogP contribution < -0.4 is 5.32 Å². The van der Waals surface area contributed by atoms with E-state index in [4.69, 9.17) is 21.8 Å². The number of anilines is 2. The highest BCUT2D eigenvalue weighted by Gasteiger charge is 2.28. The van der Waals surface area contributed by atoms with Gasteiger partial charge in [-0.25, -0.2) is 15.0 Å². The minimum atomic E-state index is 0.195. The first-order valence-electron chi connectivity index (χ1n) is 10.7. The zero-order valence-corrected chi connectivity index (χ0v) is 18.5. The predicted molar refractivity (Wildman–Crippen MR) is 126 cm³/mol. The van der Waals surface area contributed by atoms with Gasteiger partial charge >= 0.3 is 0 Å². The fourth-order valence-corrected chi connectivity index (χ4v) is 4.27. The number of nitrogens with zero attached hydrogens (tertiary/aromatic N) is 6. The minimum Gasteiger partial charge on any atom is -0.323 e. The summed E-state index contributed by atoms with van der Waals surface area (Å²) >= 11 is 6.05. The van der Waals surface area contributed by atoms with Crippen LogP contribution in [0, 0.1) is 11.3 Å². The SMILES string of the molecule is N#Cc1ccc(Nc2nccc([C@H]3CCCN3Cc3cn[nH]c3-c3ccc(Cl)cc3)n2)cn1. The molecule has 0 spiro atoms. The fourth-order valence-electron chi connectivity index (χ4n) is 4.15. The first-order chi connectivity index (χ1) is 16.2. The monoisotopic (exact) mass is 456 g/mol. The smallest absolute Gasteiger partial charge is 0.227 e. The van der Waals surface area contributed by atoms with E-state index < -0.39 is 0 Å². The van der Waals surface area contributed by atoms with Gasteiger partial charge in [0.2, 0.25) is 5.95 Å². The molecule has 1 saturated heterocycles. The topological polar surface area (TPSA) is 106 Å². The number of benzene rings is 1. The average molecular weight is 457 g/mol. The number of aromatic amines is 1. The van der Waals surface area contributed by atoms with E-state index in [0.29, 0.717) is 16.7 Å². The Kier molecular flexibility index (Phi) is 5.98. The Morgan fingerprint density at radius 2 is 2.00 bits per heavy atom. The second-order valence-corrected chi connectivity index (χ2v) is 8.32. The van der Waals surface area contributed by atoms with Gasteiger partial charge in [-0.15, -0.1) is 0 Å². The van der Waals surface area contributed by atoms with Crippen LogP contribution in [-0.4, -0.2) is 36.6 Å². The second-order valence-electron chi connectivity index (χ2n) is 7.88. The van der Waals surface area contributed by atoms with E-state index in [1.807, 2.05) is 42.6 Å². The third-order valence-corrected chi connectivity index (χ3v) is 5.99. The van der Waals surface area contributed by atoms with Gasteiger partial charge in [-0.2, -0.15) is 10.4 Å². The number of pyridine rings is 1. The molecule has 0 aliphatic carbocycles. The molecule has 8 nitrogen and oxygen atoms in total. The van der Waals surface area contributed by atoms with Crippen molar-refractivity contribution in [2.24, 2.45) is 0 Å². The van der Waals surface area contributed by atoms with Crippen LogP contribution in [-0.2, 0) is 6.54 Å². The lowest BCUT2D eigenvalue weighted by atomic mass is 10.1. The van der Waals surface area contributed by atoms with Gasteiger partial charge < -0.3 is 5.32 Å². The molecule has 3 aromatic heterocycles. The number of hydrogen-bond donors (Lipinski definition) is 2. The zero-order chi connectivity index (χ0) is 22.6. The molecule has 33 heavy (non-hydrogen) atoms. The summed E-state index contributed by atoms with van der Waals surface area (Å²) in [5, 5.41) is 20.2. The number of likely N-dealkylation sites (tertiary alicyclic amines) is 1. The summed E-state index contributed by atoms with van der Waals surface area (Å²) in [6.45, 7) is 1.76. The zero-order valence-electron chi connectivity index (χ0n) is 17.7. The van der Waals surface area contributed by atoms with Gasteiger partial charge in [0.25, 0.3) is 0 Å². The standard InChI is InChI=1S/C24H21ClN8/c25-18-5-3-16(4-6-18)23-17(13-29-32-23)15-33-11-1-2-22(33)21-9-10-27-24(31-21)30-20-8-7-19(12-26)28-14-20/h3-10,13-14,22H,1-2,11,15H2,(H,29,32)(H,27,30,31)/t22-/m1/s1. The molecular formula is C24H21ClN8. The molecule has 4 aromatic rings. The van der Waals surface area contributed by atoms with Crippen LogP contribution in [0.15, 0.2) is 61.1 Å². The maximum Gasteiger partial charge on any atom is 0.227 e. The van der Waals surface area contributed by atoms with E-state index >= 15 is 0 Å². The third kappa shape index (κ3) is 4.70. The summed E-state index contributed by atoms with van der Waals surface area (Å²) in [7, 11) is 0. The van der Waals surface area contributed by atoms with Crippen molar-refractivity contribution in [1.29, 1.82) is 5.26 Å². The lowest BCUT2D eigenvalue weighted by Crippen LogP contribution is -2.23. The number of halogens is 1. The molecule has 5 rings (SSSR count). The molecule has 0 radical (unpaired) electrons. The Labute approximate surface area is 196 Å². The summed E-state index contributed by atoms with van der Waals surface area (Å²) in [6.07, 6.45) is 7.40. The molecule has 0 amide bonds. The highest BCUT2D eigenvalue weighted by Crippen LogP contribution is 2.34. The summed E-state index contributed by atoms with van der Waals surface area (Å²) in [5.74, 6) is 0.510. The first kappa shape index (κ1) is 21.1. The van der Waals surface area contributed by atoms with Gasteiger partial charge in [-0.3, -0.25) is 10.00 Å². The van der Waals surface area contributed by atoms with E-state index in [1.165, 1.54) is 0 Å². The summed E-state index contributed by atoms with van der Waals surface area (Å²) in [6, 6.07) is 15.4. The number of H-pyrrole nitrogens is 1. The maximum atomic E-state index is 8.91. The van der Waals surface area contributed by atoms with Crippen molar-refractivity contribution in [1.82, 2.24) is 30.0 Å². The Morgan fingerprint density at radius 3 is 2.79 bits per heavy atom. The lowest BCUT2D eigenvalue weighted by molar-refractivity contribution is 0.245. The Morgan fingerprint density at radius 1 is 1.12 bits per heavy atom. The molecule has 164 valence electrons. The Hall–Kier alpha value is -3.80. The van der Waals surface area contributed by atoms with E-state index in [2.05, 4.69) is 30.4 Å². The molecule has 1 aromatic carbocycles. The molecule has 9 heteroatoms. The summed E-state index contributed by atoms with van der Waals surface area (Å²) in [5.41, 5.74) is 5.29. The van der Waals surface area contributed by atoms with Crippen molar-refractivity contribution in [3.8, 4) is 17.3 Å². The van der Waals surface area contributed by atoms with Gasteiger partial charge in [0.05, 0.1) is 35.5 Å². The molecule has 0 unspecified atom stereocenters. The van der Waals surface area contributed by atoms with Crippen LogP contribution in [0.25, 0.3) is 11.3 Å². The molecule has 4 heterocycles. The number of nitriles is 1. The van der Waals surface area contributed by atoms with Gasteiger partial charge in [0, 0.05) is 23.3 Å². The highest BCUT2D eigenvalue weighted by atomic mass is 35.5. The lowest BCUT2D eigenvalue weighted by Gasteiger charge is -2.24. The quantitative estimate of drug-likeness (QED) is 0.426. The normalized spacial score (nSPS) is 15.9. The minimum absolute atomic E-state index is 0.195. The van der Waals surface area contributed by atoms with Crippen LogP contribution in [0.1, 0.15) is 35.8 Å². The number of nitrogens with one attached hydrogen (secondary N) is 2. The largest absolute Gasteiger partial charge is 0.323 e. The third-order valence-electron chi connectivity index (χ3n) is 5.74. The predicted octanol–water partition coefficient (Wildman–Crippen LogP) is 4.87. The van der Waals surface area contributed by atoms with Crippen LogP contribution in [0.3, 0.4) is 0 Å². The molecule has 1 aliphatic heterocycles. The van der Waals surface area contributed by atoms with E-state index in [0.717, 1.165) is 54.1 Å². The second kappa shape index (κ2) is 9.36. The Balaban J connectivity index is 1.33. The fraction of sp³-hybridized carbons (Fsp3) is 0.208. The van der Waals surface area contributed by atoms with E-state index in [-0.39, 0.29) is 6.04 Å². The number of rotatable bonds is 6. The van der Waals surface area contributed by atoms with E-state index in [9.17, 15) is 0 Å². The van der Waals surface area contributed by atoms with Crippen LogP contribution in [0.2, 0.25) is 5.02 Å². The molecule has 0 bridgehead atoms. The van der Waals surface area contributed by atoms with E-state index in [1.54, 1.807) is 24.5 Å². The van der Waals surface area contributed by atoms with Gasteiger partial charge in [0.1, 0.15) is 11.8 Å². The van der Waals surface area contributed by atoms with Gasteiger partial charge in [-0.1, -0.05) is 23.7 Å². The number of hydrogen-bond acceptors (Lipinski definition) is 7. The highest BCUT2D eigenvalue weighted by molar-refractivity contribution is 6.30. The van der Waals surface area contributed by atoms with Crippen molar-refractivity contribution >= 4 is 23.2 Å². The van der Waals surface area contributed by atoms with Crippen LogP contribution >= 0.6 is 11.6 Å². The van der Waals surface area contributed by atoms with Gasteiger partial charge in [-0.05, 0) is 55.3 Å². The molecule has 1 fully saturated rings. The molecule has 0 saturated carbocycles. The van der Waals surface area contributed by atoms with Crippen molar-refractivity contribution in [3.05, 3.63) is 83.0 Å². The number of aromatic nitrogens is 5. The van der Waals surface area contributed by atoms with Crippen molar-refractivity contribution in [2.75, 3.05) is 11.9 Å². The molecule has 2 N–H and O–H groups in total. The molecule has 1 atom stereocenters. The average Bonchev–Trinajstić information content (AvgIpc) is 3.50. The van der Waals surface area contributed by atoms with Gasteiger partial charge in [0.15, 0.2) is 0 Å². The van der Waals surface area contributed by atoms with Crippen LogP contribution in [0.4, 0.5) is 11.6 Å². The summed E-state index contributed by atoms with van der Waals surface area (Å²) in [4.78, 5) is 15.6. The first-order valence-corrected chi connectivity index (χ1v) is 11.1.